The quantitative estimate of drug-likeness (QED) is 0.666. The molecular formula is C15H16N2O3. The normalized spacial score (nSPS) is 11.9. The van der Waals surface area contributed by atoms with E-state index in [-0.39, 0.29) is 11.7 Å². The lowest BCUT2D eigenvalue weighted by Crippen LogP contribution is -2.13. The number of hydrogen-bond acceptors (Lipinski definition) is 4. The number of nitro groups is 1. The molecule has 0 saturated carbocycles. The first-order chi connectivity index (χ1) is 9.61. The van der Waals surface area contributed by atoms with Crippen LogP contribution in [0.1, 0.15) is 18.5 Å². The largest absolute Gasteiger partial charge is 0.457 e. The Labute approximate surface area is 117 Å². The summed E-state index contributed by atoms with van der Waals surface area (Å²) in [6.07, 6.45) is 0. The van der Waals surface area contributed by atoms with Gasteiger partial charge in [0.1, 0.15) is 11.5 Å². The molecule has 20 heavy (non-hydrogen) atoms. The topological polar surface area (TPSA) is 64.4 Å². The van der Waals surface area contributed by atoms with Crippen molar-refractivity contribution in [1.82, 2.24) is 5.32 Å². The highest BCUT2D eigenvalue weighted by atomic mass is 16.6. The highest BCUT2D eigenvalue weighted by Gasteiger charge is 2.12. The fourth-order valence-corrected chi connectivity index (χ4v) is 1.87. The maximum absolute atomic E-state index is 10.8. The van der Waals surface area contributed by atoms with Crippen molar-refractivity contribution in [1.29, 1.82) is 0 Å². The molecule has 0 aliphatic rings. The van der Waals surface area contributed by atoms with Crippen molar-refractivity contribution < 1.29 is 9.66 Å². The second kappa shape index (κ2) is 6.16. The van der Waals surface area contributed by atoms with E-state index >= 15 is 0 Å². The molecule has 0 fully saturated rings. The molecule has 2 aromatic carbocycles. The number of para-hydroxylation sites is 1. The molecule has 0 spiro atoms. The Bertz CT molecular complexity index is 614. The van der Waals surface area contributed by atoms with Crippen LogP contribution in [0.4, 0.5) is 5.69 Å². The Kier molecular flexibility index (Phi) is 4.32. The first kappa shape index (κ1) is 14.0. The van der Waals surface area contributed by atoms with Crippen molar-refractivity contribution in [3.63, 3.8) is 0 Å². The lowest BCUT2D eigenvalue weighted by atomic mass is 10.1. The average Bonchev–Trinajstić information content (AvgIpc) is 2.47. The van der Waals surface area contributed by atoms with Crippen LogP contribution in [0.2, 0.25) is 0 Å². The van der Waals surface area contributed by atoms with Crippen LogP contribution in [-0.4, -0.2) is 12.0 Å². The van der Waals surface area contributed by atoms with Crippen LogP contribution < -0.4 is 10.1 Å². The van der Waals surface area contributed by atoms with Crippen molar-refractivity contribution in [2.45, 2.75) is 13.0 Å². The van der Waals surface area contributed by atoms with Crippen LogP contribution in [0, 0.1) is 10.1 Å². The summed E-state index contributed by atoms with van der Waals surface area (Å²) in [5, 5.41) is 13.9. The molecule has 1 N–H and O–H groups in total. The molecule has 0 aliphatic heterocycles. The fraction of sp³-hybridized carbons (Fsp3) is 0.200. The van der Waals surface area contributed by atoms with Gasteiger partial charge in [0, 0.05) is 17.7 Å². The van der Waals surface area contributed by atoms with Gasteiger partial charge in [-0.3, -0.25) is 10.1 Å². The minimum Gasteiger partial charge on any atom is -0.457 e. The smallest absolute Gasteiger partial charge is 0.273 e. The van der Waals surface area contributed by atoms with Crippen molar-refractivity contribution in [2.24, 2.45) is 0 Å². The second-order valence-electron chi connectivity index (χ2n) is 4.40. The Hall–Kier alpha value is -2.40. The number of ether oxygens (including phenoxy) is 1. The van der Waals surface area contributed by atoms with Crippen LogP contribution in [0.15, 0.2) is 48.5 Å². The highest BCUT2D eigenvalue weighted by molar-refractivity contribution is 5.43. The third-order valence-electron chi connectivity index (χ3n) is 3.07. The predicted octanol–water partition coefficient (Wildman–Crippen LogP) is 3.67. The van der Waals surface area contributed by atoms with Gasteiger partial charge in [-0.1, -0.05) is 24.3 Å². The van der Waals surface area contributed by atoms with E-state index in [0.717, 1.165) is 5.56 Å². The molecule has 0 amide bonds. The lowest BCUT2D eigenvalue weighted by Gasteiger charge is -2.16. The zero-order chi connectivity index (χ0) is 14.5. The second-order valence-corrected chi connectivity index (χ2v) is 4.40. The van der Waals surface area contributed by atoms with Crippen molar-refractivity contribution in [2.75, 3.05) is 7.05 Å². The molecule has 1 atom stereocenters. The first-order valence-corrected chi connectivity index (χ1v) is 6.30. The van der Waals surface area contributed by atoms with Gasteiger partial charge < -0.3 is 10.1 Å². The Morgan fingerprint density at radius 1 is 1.20 bits per heavy atom. The molecule has 0 radical (unpaired) electrons. The Balaban J connectivity index is 2.30. The fourth-order valence-electron chi connectivity index (χ4n) is 1.87. The Morgan fingerprint density at radius 3 is 2.65 bits per heavy atom. The third kappa shape index (κ3) is 3.13. The van der Waals surface area contributed by atoms with Gasteiger partial charge in [-0.05, 0) is 26.1 Å². The van der Waals surface area contributed by atoms with Crippen LogP contribution in [0.3, 0.4) is 0 Å². The lowest BCUT2D eigenvalue weighted by molar-refractivity contribution is -0.384. The van der Waals surface area contributed by atoms with E-state index in [0.29, 0.717) is 11.5 Å². The van der Waals surface area contributed by atoms with Gasteiger partial charge in [-0.15, -0.1) is 0 Å². The third-order valence-corrected chi connectivity index (χ3v) is 3.07. The summed E-state index contributed by atoms with van der Waals surface area (Å²) in [6, 6.07) is 13.9. The molecule has 104 valence electrons. The first-order valence-electron chi connectivity index (χ1n) is 6.30. The molecule has 0 bridgehead atoms. The van der Waals surface area contributed by atoms with E-state index < -0.39 is 4.92 Å². The molecule has 0 saturated heterocycles. The number of nitrogens with zero attached hydrogens (tertiary/aromatic N) is 1. The monoisotopic (exact) mass is 272 g/mol. The summed E-state index contributed by atoms with van der Waals surface area (Å²) in [6.45, 7) is 2.02. The molecule has 5 heteroatoms. The summed E-state index contributed by atoms with van der Waals surface area (Å²) >= 11 is 0. The van der Waals surface area contributed by atoms with Crippen LogP contribution in [0.5, 0.6) is 11.5 Å². The number of benzene rings is 2. The summed E-state index contributed by atoms with van der Waals surface area (Å²) in [5.41, 5.74) is 1.02. The molecular weight excluding hydrogens is 256 g/mol. The highest BCUT2D eigenvalue weighted by Crippen LogP contribution is 2.30. The maximum atomic E-state index is 10.8. The number of rotatable bonds is 5. The van der Waals surface area contributed by atoms with Crippen molar-refractivity contribution >= 4 is 5.69 Å². The van der Waals surface area contributed by atoms with Gasteiger partial charge >= 0.3 is 0 Å². The van der Waals surface area contributed by atoms with Crippen molar-refractivity contribution in [3.8, 4) is 11.5 Å². The predicted molar refractivity (Wildman–Crippen MR) is 77.1 cm³/mol. The molecule has 5 nitrogen and oxygen atoms in total. The molecule has 2 rings (SSSR count). The van der Waals surface area contributed by atoms with Gasteiger partial charge in [0.05, 0.1) is 11.0 Å². The van der Waals surface area contributed by atoms with E-state index in [4.69, 9.17) is 4.74 Å². The number of nitrogens with one attached hydrogen (secondary N) is 1. The summed E-state index contributed by atoms with van der Waals surface area (Å²) in [4.78, 5) is 10.3. The van der Waals surface area contributed by atoms with E-state index in [1.54, 1.807) is 12.1 Å². The van der Waals surface area contributed by atoms with Crippen molar-refractivity contribution in [3.05, 3.63) is 64.2 Å². The van der Waals surface area contributed by atoms with Gasteiger partial charge in [0.15, 0.2) is 0 Å². The molecule has 0 heterocycles. The minimum atomic E-state index is -0.436. The zero-order valence-electron chi connectivity index (χ0n) is 11.4. The van der Waals surface area contributed by atoms with Crippen LogP contribution >= 0.6 is 0 Å². The zero-order valence-corrected chi connectivity index (χ0v) is 11.4. The minimum absolute atomic E-state index is 0.0154. The van der Waals surface area contributed by atoms with Gasteiger partial charge in [0.2, 0.25) is 0 Å². The standard InChI is InChI=1S/C15H16N2O3/c1-11(16-2)14-8-3-4-9-15(14)20-13-7-5-6-12(10-13)17(18)19/h3-11,16H,1-2H3. The SMILES string of the molecule is CNC(C)c1ccccc1Oc1cccc([N+](=O)[O-])c1. The molecule has 1 unspecified atom stereocenters. The number of non-ortho nitro benzene ring substituents is 1. The van der Waals surface area contributed by atoms with E-state index in [9.17, 15) is 10.1 Å². The number of hydrogen-bond donors (Lipinski definition) is 1. The van der Waals surface area contributed by atoms with Gasteiger partial charge in [0.25, 0.3) is 5.69 Å². The van der Waals surface area contributed by atoms with Gasteiger partial charge in [-0.25, -0.2) is 0 Å². The van der Waals surface area contributed by atoms with E-state index in [2.05, 4.69) is 5.32 Å². The average molecular weight is 272 g/mol. The number of nitro benzene ring substituents is 1. The Morgan fingerprint density at radius 2 is 1.95 bits per heavy atom. The summed E-state index contributed by atoms with van der Waals surface area (Å²) < 4.78 is 5.78. The van der Waals surface area contributed by atoms with Gasteiger partial charge in [-0.2, -0.15) is 0 Å². The van der Waals surface area contributed by atoms with E-state index in [1.807, 2.05) is 38.2 Å². The molecule has 2 aromatic rings. The van der Waals surface area contributed by atoms with Crippen LogP contribution in [-0.2, 0) is 0 Å². The summed E-state index contributed by atoms with van der Waals surface area (Å²) in [7, 11) is 1.87. The van der Waals surface area contributed by atoms with Crippen LogP contribution in [0.25, 0.3) is 0 Å². The molecule has 0 aromatic heterocycles. The van der Waals surface area contributed by atoms with E-state index in [1.165, 1.54) is 12.1 Å². The maximum Gasteiger partial charge on any atom is 0.273 e. The molecule has 0 aliphatic carbocycles. The summed E-state index contributed by atoms with van der Waals surface area (Å²) in [5.74, 6) is 1.14.